The third kappa shape index (κ3) is 1.34. The van der Waals surface area contributed by atoms with Crippen LogP contribution in [0.5, 0.6) is 0 Å². The van der Waals surface area contributed by atoms with Gasteiger partial charge in [-0.2, -0.15) is 0 Å². The van der Waals surface area contributed by atoms with Gasteiger partial charge >= 0.3 is 0 Å². The molecule has 1 nitrogen and oxygen atoms in total. The lowest BCUT2D eigenvalue weighted by atomic mass is 10.1. The first-order chi connectivity index (χ1) is 5.16. The van der Waals surface area contributed by atoms with Crippen molar-refractivity contribution in [1.82, 2.24) is 0 Å². The molecule has 11 heavy (non-hydrogen) atoms. The Morgan fingerprint density at radius 2 is 1.91 bits per heavy atom. The van der Waals surface area contributed by atoms with E-state index in [9.17, 15) is 4.39 Å². The first-order valence-electron chi connectivity index (χ1n) is 3.60. The minimum atomic E-state index is -0.114. The zero-order valence-corrected chi connectivity index (χ0v) is 7.03. The Bertz CT molecular complexity index is 269. The summed E-state index contributed by atoms with van der Waals surface area (Å²) in [6.45, 7) is 3.54. The van der Waals surface area contributed by atoms with E-state index in [-0.39, 0.29) is 5.82 Å². The van der Waals surface area contributed by atoms with Gasteiger partial charge in [0.25, 0.3) is 0 Å². The molecule has 0 bridgehead atoms. The van der Waals surface area contributed by atoms with Gasteiger partial charge in [-0.15, -0.1) is 0 Å². The van der Waals surface area contributed by atoms with Crippen LogP contribution in [0.4, 0.5) is 10.1 Å². The fraction of sp³-hybridized carbons (Fsp3) is 0.333. The molecule has 0 aliphatic carbocycles. The predicted molar refractivity (Wildman–Crippen MR) is 45.4 cm³/mol. The summed E-state index contributed by atoms with van der Waals surface area (Å²) in [5.74, 6) is -0.114. The third-order valence-electron chi connectivity index (χ3n) is 1.85. The molecule has 1 aromatic carbocycles. The molecule has 0 atom stereocenters. The molecule has 0 radical (unpaired) electrons. The van der Waals surface area contributed by atoms with Crippen molar-refractivity contribution in [2.24, 2.45) is 0 Å². The number of hydrogen-bond acceptors (Lipinski definition) is 1. The molecule has 0 saturated heterocycles. The fourth-order valence-corrected chi connectivity index (χ4v) is 1.09. The number of anilines is 1. The Morgan fingerprint density at radius 3 is 2.45 bits per heavy atom. The Labute approximate surface area is 66.2 Å². The molecule has 0 saturated carbocycles. The second-order valence-electron chi connectivity index (χ2n) is 2.62. The number of nitrogens with one attached hydrogen (secondary N) is 1. The van der Waals surface area contributed by atoms with Crippen molar-refractivity contribution >= 4 is 5.69 Å². The van der Waals surface area contributed by atoms with Gasteiger partial charge in [0.2, 0.25) is 0 Å². The van der Waals surface area contributed by atoms with E-state index < -0.39 is 0 Å². The van der Waals surface area contributed by atoms with Gasteiger partial charge in [0, 0.05) is 18.3 Å². The number of hydrogen-bond donors (Lipinski definition) is 1. The number of halogens is 1. The molecule has 0 heterocycles. The molecular weight excluding hydrogens is 141 g/mol. The van der Waals surface area contributed by atoms with Gasteiger partial charge < -0.3 is 5.32 Å². The van der Waals surface area contributed by atoms with Crippen LogP contribution in [0.2, 0.25) is 0 Å². The predicted octanol–water partition coefficient (Wildman–Crippen LogP) is 2.48. The summed E-state index contributed by atoms with van der Waals surface area (Å²) in [6.07, 6.45) is 0. The van der Waals surface area contributed by atoms with Crippen LogP contribution < -0.4 is 5.32 Å². The zero-order valence-electron chi connectivity index (χ0n) is 7.03. The standard InChI is InChI=1S/C9H12FN/c1-6-4-5-8(11-3)7(2)9(6)10/h4-5,11H,1-3H3. The smallest absolute Gasteiger partial charge is 0.131 e. The van der Waals surface area contributed by atoms with E-state index >= 15 is 0 Å². The lowest BCUT2D eigenvalue weighted by Crippen LogP contribution is -1.95. The van der Waals surface area contributed by atoms with Crippen LogP contribution in [0, 0.1) is 19.7 Å². The average molecular weight is 153 g/mol. The summed E-state index contributed by atoms with van der Waals surface area (Å²) < 4.78 is 13.1. The Balaban J connectivity index is 3.25. The van der Waals surface area contributed by atoms with Crippen LogP contribution in [0.25, 0.3) is 0 Å². The van der Waals surface area contributed by atoms with Crippen LogP contribution in [-0.2, 0) is 0 Å². The normalized spacial score (nSPS) is 9.82. The van der Waals surface area contributed by atoms with Gasteiger partial charge in [-0.05, 0) is 25.5 Å². The maximum absolute atomic E-state index is 13.1. The van der Waals surface area contributed by atoms with Gasteiger partial charge in [-0.1, -0.05) is 6.07 Å². The van der Waals surface area contributed by atoms with Gasteiger partial charge in [0.1, 0.15) is 5.82 Å². The van der Waals surface area contributed by atoms with Crippen LogP contribution in [-0.4, -0.2) is 7.05 Å². The molecular formula is C9H12FN. The zero-order chi connectivity index (χ0) is 8.43. The topological polar surface area (TPSA) is 12.0 Å². The first kappa shape index (κ1) is 8.05. The third-order valence-corrected chi connectivity index (χ3v) is 1.85. The monoisotopic (exact) mass is 153 g/mol. The molecule has 2 heteroatoms. The van der Waals surface area contributed by atoms with Crippen LogP contribution >= 0.6 is 0 Å². The molecule has 60 valence electrons. The lowest BCUT2D eigenvalue weighted by Gasteiger charge is -2.06. The highest BCUT2D eigenvalue weighted by molar-refractivity contribution is 5.52. The summed E-state index contributed by atoms with van der Waals surface area (Å²) in [4.78, 5) is 0. The molecule has 0 aliphatic heterocycles. The molecule has 0 spiro atoms. The Kier molecular flexibility index (Phi) is 2.13. The summed E-state index contributed by atoms with van der Waals surface area (Å²) in [6, 6.07) is 3.65. The van der Waals surface area contributed by atoms with Gasteiger partial charge in [-0.3, -0.25) is 0 Å². The molecule has 0 amide bonds. The van der Waals surface area contributed by atoms with Crippen molar-refractivity contribution in [2.75, 3.05) is 12.4 Å². The lowest BCUT2D eigenvalue weighted by molar-refractivity contribution is 0.610. The van der Waals surface area contributed by atoms with E-state index in [4.69, 9.17) is 0 Å². The maximum atomic E-state index is 13.1. The first-order valence-corrected chi connectivity index (χ1v) is 3.60. The quantitative estimate of drug-likeness (QED) is 0.653. The number of aryl methyl sites for hydroxylation is 1. The molecule has 1 aromatic rings. The van der Waals surface area contributed by atoms with E-state index in [1.54, 1.807) is 27.0 Å². The van der Waals surface area contributed by atoms with E-state index in [0.29, 0.717) is 11.1 Å². The molecule has 0 aromatic heterocycles. The van der Waals surface area contributed by atoms with Crippen molar-refractivity contribution in [1.29, 1.82) is 0 Å². The molecule has 0 unspecified atom stereocenters. The van der Waals surface area contributed by atoms with Gasteiger partial charge in [0.15, 0.2) is 0 Å². The molecule has 0 aliphatic rings. The Morgan fingerprint density at radius 1 is 1.27 bits per heavy atom. The second kappa shape index (κ2) is 2.91. The average Bonchev–Trinajstić information content (AvgIpc) is 2.01. The van der Waals surface area contributed by atoms with Crippen LogP contribution in [0.15, 0.2) is 12.1 Å². The number of benzene rings is 1. The minimum absolute atomic E-state index is 0.114. The van der Waals surface area contributed by atoms with Crippen LogP contribution in [0.1, 0.15) is 11.1 Å². The SMILES string of the molecule is CNc1ccc(C)c(F)c1C. The van der Waals surface area contributed by atoms with E-state index in [0.717, 1.165) is 5.69 Å². The molecule has 1 N–H and O–H groups in total. The van der Waals surface area contributed by atoms with Crippen molar-refractivity contribution < 1.29 is 4.39 Å². The fourth-order valence-electron chi connectivity index (χ4n) is 1.09. The summed E-state index contributed by atoms with van der Waals surface area (Å²) in [5, 5.41) is 2.92. The molecule has 1 rings (SSSR count). The summed E-state index contributed by atoms with van der Waals surface area (Å²) in [5.41, 5.74) is 2.24. The van der Waals surface area contributed by atoms with E-state index in [1.807, 2.05) is 6.07 Å². The van der Waals surface area contributed by atoms with Crippen molar-refractivity contribution in [3.63, 3.8) is 0 Å². The van der Waals surface area contributed by atoms with Crippen LogP contribution in [0.3, 0.4) is 0 Å². The van der Waals surface area contributed by atoms with Crippen molar-refractivity contribution in [3.05, 3.63) is 29.1 Å². The Hall–Kier alpha value is -1.05. The second-order valence-corrected chi connectivity index (χ2v) is 2.62. The summed E-state index contributed by atoms with van der Waals surface area (Å²) in [7, 11) is 1.79. The van der Waals surface area contributed by atoms with E-state index in [1.165, 1.54) is 0 Å². The maximum Gasteiger partial charge on any atom is 0.131 e. The number of rotatable bonds is 1. The largest absolute Gasteiger partial charge is 0.388 e. The highest BCUT2D eigenvalue weighted by Gasteiger charge is 2.04. The van der Waals surface area contributed by atoms with Crippen molar-refractivity contribution in [3.8, 4) is 0 Å². The minimum Gasteiger partial charge on any atom is -0.388 e. The van der Waals surface area contributed by atoms with Gasteiger partial charge in [0.05, 0.1) is 0 Å². The summed E-state index contributed by atoms with van der Waals surface area (Å²) >= 11 is 0. The molecule has 0 fully saturated rings. The van der Waals surface area contributed by atoms with Crippen molar-refractivity contribution in [2.45, 2.75) is 13.8 Å². The highest BCUT2D eigenvalue weighted by Crippen LogP contribution is 2.19. The highest BCUT2D eigenvalue weighted by atomic mass is 19.1. The van der Waals surface area contributed by atoms with Gasteiger partial charge in [-0.25, -0.2) is 4.39 Å². The van der Waals surface area contributed by atoms with E-state index in [2.05, 4.69) is 5.32 Å².